The van der Waals surface area contributed by atoms with Crippen molar-refractivity contribution in [2.45, 2.75) is 19.4 Å². The Labute approximate surface area is 143 Å². The van der Waals surface area contributed by atoms with Gasteiger partial charge < -0.3 is 9.64 Å². The van der Waals surface area contributed by atoms with Gasteiger partial charge in [-0.2, -0.15) is 0 Å². The molecule has 2 aromatic carbocycles. The molecular weight excluding hydrogens is 358 g/mol. The van der Waals surface area contributed by atoms with E-state index in [1.54, 1.807) is 23.1 Å². The van der Waals surface area contributed by atoms with Crippen molar-refractivity contribution in [2.75, 3.05) is 11.5 Å². The number of carbonyl (C=O) groups is 2. The van der Waals surface area contributed by atoms with Gasteiger partial charge in [0.2, 0.25) is 0 Å². The van der Waals surface area contributed by atoms with Crippen LogP contribution in [0.1, 0.15) is 22.8 Å². The highest BCUT2D eigenvalue weighted by molar-refractivity contribution is 9.10. The summed E-state index contributed by atoms with van der Waals surface area (Å²) >= 11 is 3.30. The summed E-state index contributed by atoms with van der Waals surface area (Å²) in [5.41, 5.74) is 2.46. The number of nitrogens with zero attached hydrogens (tertiary/aromatic N) is 1. The van der Waals surface area contributed by atoms with Crippen molar-refractivity contribution >= 4 is 33.5 Å². The van der Waals surface area contributed by atoms with E-state index in [1.165, 1.54) is 0 Å². The Hall–Kier alpha value is -2.14. The maximum absolute atomic E-state index is 12.5. The van der Waals surface area contributed by atoms with Crippen LogP contribution in [0.5, 0.6) is 0 Å². The number of carbonyl (C=O) groups excluding carboxylic acids is 2. The van der Waals surface area contributed by atoms with Gasteiger partial charge in [0.1, 0.15) is 0 Å². The smallest absolute Gasteiger partial charge is 0.339 e. The molecule has 2 aromatic rings. The van der Waals surface area contributed by atoms with Crippen molar-refractivity contribution in [2.24, 2.45) is 0 Å². The van der Waals surface area contributed by atoms with E-state index in [1.807, 2.05) is 37.3 Å². The first-order valence-electron chi connectivity index (χ1n) is 7.39. The largest absolute Gasteiger partial charge is 0.452 e. The number of ether oxygens (including phenoxy) is 1. The van der Waals surface area contributed by atoms with E-state index in [0.717, 1.165) is 17.7 Å². The Balaban J connectivity index is 1.69. The van der Waals surface area contributed by atoms with E-state index < -0.39 is 5.97 Å². The number of halogens is 1. The molecule has 0 aromatic heterocycles. The van der Waals surface area contributed by atoms with Gasteiger partial charge in [-0.15, -0.1) is 0 Å². The molecule has 1 aliphatic rings. The fourth-order valence-corrected chi connectivity index (χ4v) is 3.29. The second kappa shape index (κ2) is 6.54. The van der Waals surface area contributed by atoms with Crippen LogP contribution in [-0.4, -0.2) is 24.5 Å². The molecule has 0 unspecified atom stereocenters. The number of fused-ring (bicyclic) bond motifs is 1. The van der Waals surface area contributed by atoms with Crippen molar-refractivity contribution in [3.63, 3.8) is 0 Å². The molecule has 1 heterocycles. The SMILES string of the molecule is C[C@@H]1Cc2ccccc2N1C(=O)COC(=O)c1ccccc1Br. The van der Waals surface area contributed by atoms with Crippen LogP contribution in [0.2, 0.25) is 0 Å². The molecule has 0 spiro atoms. The average molecular weight is 374 g/mol. The van der Waals surface area contributed by atoms with Gasteiger partial charge in [-0.3, -0.25) is 4.79 Å². The first kappa shape index (κ1) is 15.7. The maximum atomic E-state index is 12.5. The minimum atomic E-state index is -0.508. The lowest BCUT2D eigenvalue weighted by molar-refractivity contribution is -0.122. The molecule has 23 heavy (non-hydrogen) atoms. The predicted octanol–water partition coefficient (Wildman–Crippen LogP) is 3.58. The number of hydrogen-bond donors (Lipinski definition) is 0. The highest BCUT2D eigenvalue weighted by Crippen LogP contribution is 2.31. The van der Waals surface area contributed by atoms with Crippen molar-refractivity contribution in [3.05, 3.63) is 64.1 Å². The first-order valence-corrected chi connectivity index (χ1v) is 8.19. The van der Waals surface area contributed by atoms with E-state index in [2.05, 4.69) is 15.9 Å². The molecule has 1 aliphatic heterocycles. The van der Waals surface area contributed by atoms with Gasteiger partial charge in [0.15, 0.2) is 6.61 Å². The first-order chi connectivity index (χ1) is 11.1. The fourth-order valence-electron chi connectivity index (χ4n) is 2.85. The topological polar surface area (TPSA) is 46.6 Å². The van der Waals surface area contributed by atoms with Crippen LogP contribution < -0.4 is 4.90 Å². The van der Waals surface area contributed by atoms with Crippen LogP contribution in [0, 0.1) is 0 Å². The molecule has 0 N–H and O–H groups in total. The third kappa shape index (κ3) is 3.15. The lowest BCUT2D eigenvalue weighted by atomic mass is 10.1. The molecule has 5 heteroatoms. The maximum Gasteiger partial charge on any atom is 0.339 e. The Bertz CT molecular complexity index is 759. The number of rotatable bonds is 3. The summed E-state index contributed by atoms with van der Waals surface area (Å²) < 4.78 is 5.84. The third-order valence-corrected chi connectivity index (χ3v) is 4.59. The van der Waals surface area contributed by atoms with Crippen LogP contribution in [0.4, 0.5) is 5.69 Å². The van der Waals surface area contributed by atoms with Crippen LogP contribution in [0.3, 0.4) is 0 Å². The minimum Gasteiger partial charge on any atom is -0.452 e. The Morgan fingerprint density at radius 1 is 1.17 bits per heavy atom. The van der Waals surface area contributed by atoms with Crippen molar-refractivity contribution < 1.29 is 14.3 Å². The minimum absolute atomic E-state index is 0.0714. The third-order valence-electron chi connectivity index (χ3n) is 3.90. The zero-order chi connectivity index (χ0) is 16.4. The zero-order valence-electron chi connectivity index (χ0n) is 12.7. The number of para-hydroxylation sites is 1. The van der Waals surface area contributed by atoms with Crippen molar-refractivity contribution in [1.82, 2.24) is 0 Å². The highest BCUT2D eigenvalue weighted by atomic mass is 79.9. The second-order valence-corrected chi connectivity index (χ2v) is 6.36. The number of esters is 1. The monoisotopic (exact) mass is 373 g/mol. The predicted molar refractivity (Wildman–Crippen MR) is 91.5 cm³/mol. The molecule has 4 nitrogen and oxygen atoms in total. The molecule has 0 saturated carbocycles. The van der Waals surface area contributed by atoms with E-state index in [-0.39, 0.29) is 18.6 Å². The van der Waals surface area contributed by atoms with Gasteiger partial charge in [0.25, 0.3) is 5.91 Å². The van der Waals surface area contributed by atoms with Crippen LogP contribution in [0.25, 0.3) is 0 Å². The van der Waals surface area contributed by atoms with Crippen LogP contribution in [0.15, 0.2) is 53.0 Å². The van der Waals surface area contributed by atoms with E-state index in [9.17, 15) is 9.59 Å². The molecule has 0 radical (unpaired) electrons. The summed E-state index contributed by atoms with van der Waals surface area (Å²) in [6.07, 6.45) is 0.820. The van der Waals surface area contributed by atoms with Gasteiger partial charge in [0.05, 0.1) is 5.56 Å². The molecular formula is C18H16BrNO3. The second-order valence-electron chi connectivity index (χ2n) is 5.50. The number of hydrogen-bond acceptors (Lipinski definition) is 3. The summed E-state index contributed by atoms with van der Waals surface area (Å²) in [5.74, 6) is -0.714. The molecule has 0 fully saturated rings. The molecule has 0 aliphatic carbocycles. The van der Waals surface area contributed by atoms with Gasteiger partial charge in [-0.1, -0.05) is 30.3 Å². The summed E-state index contributed by atoms with van der Waals surface area (Å²) in [5, 5.41) is 0. The summed E-state index contributed by atoms with van der Waals surface area (Å²) in [4.78, 5) is 26.3. The van der Waals surface area contributed by atoms with Gasteiger partial charge in [-0.25, -0.2) is 4.79 Å². The fraction of sp³-hybridized carbons (Fsp3) is 0.222. The zero-order valence-corrected chi connectivity index (χ0v) is 14.2. The molecule has 118 valence electrons. The highest BCUT2D eigenvalue weighted by Gasteiger charge is 2.31. The van der Waals surface area contributed by atoms with Crippen LogP contribution >= 0.6 is 15.9 Å². The van der Waals surface area contributed by atoms with E-state index in [0.29, 0.717) is 10.0 Å². The molecule has 0 saturated heterocycles. The molecule has 0 bridgehead atoms. The number of amides is 1. The number of anilines is 1. The molecule has 3 rings (SSSR count). The average Bonchev–Trinajstić information content (AvgIpc) is 2.88. The standard InChI is InChI=1S/C18H16BrNO3/c1-12-10-13-6-2-5-9-16(13)20(12)17(21)11-23-18(22)14-7-3-4-8-15(14)19/h2-9,12H,10-11H2,1H3/t12-/m1/s1. The Kier molecular flexibility index (Phi) is 4.48. The van der Waals surface area contributed by atoms with Crippen molar-refractivity contribution in [1.29, 1.82) is 0 Å². The summed E-state index contributed by atoms with van der Waals surface area (Å²) in [6, 6.07) is 14.9. The number of benzene rings is 2. The molecule has 1 atom stereocenters. The van der Waals surface area contributed by atoms with Crippen molar-refractivity contribution in [3.8, 4) is 0 Å². The quantitative estimate of drug-likeness (QED) is 0.772. The van der Waals surface area contributed by atoms with Gasteiger partial charge >= 0.3 is 5.97 Å². The van der Waals surface area contributed by atoms with E-state index >= 15 is 0 Å². The lowest BCUT2D eigenvalue weighted by Crippen LogP contribution is -2.38. The summed E-state index contributed by atoms with van der Waals surface area (Å²) in [6.45, 7) is 1.73. The summed E-state index contributed by atoms with van der Waals surface area (Å²) in [7, 11) is 0. The molecule has 1 amide bonds. The normalized spacial score (nSPS) is 16.1. The van der Waals surface area contributed by atoms with E-state index in [4.69, 9.17) is 4.74 Å². The van der Waals surface area contributed by atoms with Gasteiger partial charge in [-0.05, 0) is 53.0 Å². The lowest BCUT2D eigenvalue weighted by Gasteiger charge is -2.22. The Morgan fingerprint density at radius 3 is 2.65 bits per heavy atom. The van der Waals surface area contributed by atoms with Gasteiger partial charge in [0, 0.05) is 16.2 Å². The Morgan fingerprint density at radius 2 is 1.87 bits per heavy atom. The van der Waals surface area contributed by atoms with Crippen LogP contribution in [-0.2, 0) is 16.0 Å².